The number of nitrogens with one attached hydrogen (secondary N) is 2. The van der Waals surface area contributed by atoms with Crippen LogP contribution in [0.2, 0.25) is 0 Å². The Morgan fingerprint density at radius 1 is 1.39 bits per heavy atom. The van der Waals surface area contributed by atoms with E-state index in [1.807, 2.05) is 6.92 Å². The van der Waals surface area contributed by atoms with Crippen molar-refractivity contribution in [3.8, 4) is 0 Å². The van der Waals surface area contributed by atoms with Crippen molar-refractivity contribution in [2.24, 2.45) is 11.8 Å². The number of anilines is 1. The lowest BCUT2D eigenvalue weighted by molar-refractivity contribution is 0.232. The molecule has 0 saturated carbocycles. The van der Waals surface area contributed by atoms with Crippen molar-refractivity contribution in [1.82, 2.24) is 10.6 Å². The highest BCUT2D eigenvalue weighted by molar-refractivity contribution is 5.73. The molecule has 1 fully saturated rings. The number of aliphatic hydroxyl groups is 1. The van der Waals surface area contributed by atoms with E-state index in [4.69, 9.17) is 5.11 Å². The van der Waals surface area contributed by atoms with Gasteiger partial charge in [0.2, 0.25) is 0 Å². The van der Waals surface area contributed by atoms with Crippen LogP contribution in [0.15, 0.2) is 24.3 Å². The van der Waals surface area contributed by atoms with E-state index in [2.05, 4.69) is 15.5 Å². The van der Waals surface area contributed by atoms with Crippen LogP contribution in [0.4, 0.5) is 14.9 Å². The molecule has 0 aliphatic carbocycles. The molecule has 3 N–H and O–H groups in total. The minimum atomic E-state index is -0.224. The van der Waals surface area contributed by atoms with Crippen molar-refractivity contribution in [2.75, 3.05) is 37.7 Å². The van der Waals surface area contributed by atoms with E-state index >= 15 is 0 Å². The normalized spacial score (nSPS) is 18.7. The van der Waals surface area contributed by atoms with E-state index in [-0.39, 0.29) is 24.4 Å². The maximum Gasteiger partial charge on any atom is 0.314 e. The number of benzene rings is 1. The largest absolute Gasteiger partial charge is 0.396 e. The Morgan fingerprint density at radius 3 is 2.83 bits per heavy atom. The molecular weight excluding hydrogens is 297 g/mol. The van der Waals surface area contributed by atoms with Crippen LogP contribution in [-0.2, 0) is 0 Å². The first-order valence-electron chi connectivity index (χ1n) is 8.21. The number of aliphatic hydroxyl groups excluding tert-OH is 1. The molecule has 1 aromatic carbocycles. The van der Waals surface area contributed by atoms with Crippen molar-refractivity contribution in [3.05, 3.63) is 30.1 Å². The van der Waals surface area contributed by atoms with E-state index in [1.54, 1.807) is 12.1 Å². The average Bonchev–Trinajstić information content (AvgIpc) is 3.01. The quantitative estimate of drug-likeness (QED) is 0.719. The first kappa shape index (κ1) is 17.5. The van der Waals surface area contributed by atoms with E-state index in [9.17, 15) is 9.18 Å². The molecule has 0 spiro atoms. The highest BCUT2D eigenvalue weighted by atomic mass is 19.1. The van der Waals surface area contributed by atoms with Crippen LogP contribution in [0.5, 0.6) is 0 Å². The number of halogens is 1. The van der Waals surface area contributed by atoms with Gasteiger partial charge in [-0.05, 0) is 48.9 Å². The Hall–Kier alpha value is -1.82. The Bertz CT molecular complexity index is 495. The van der Waals surface area contributed by atoms with Crippen molar-refractivity contribution in [1.29, 1.82) is 0 Å². The van der Waals surface area contributed by atoms with Gasteiger partial charge in [-0.25, -0.2) is 9.18 Å². The zero-order valence-corrected chi connectivity index (χ0v) is 13.6. The third-order valence-electron chi connectivity index (χ3n) is 4.26. The summed E-state index contributed by atoms with van der Waals surface area (Å²) in [6, 6.07) is 6.37. The van der Waals surface area contributed by atoms with E-state index in [1.165, 1.54) is 12.1 Å². The molecule has 0 aromatic heterocycles. The summed E-state index contributed by atoms with van der Waals surface area (Å²) in [6.07, 6.45) is 1.70. The third-order valence-corrected chi connectivity index (χ3v) is 4.26. The van der Waals surface area contributed by atoms with Gasteiger partial charge in [-0.3, -0.25) is 0 Å². The summed E-state index contributed by atoms with van der Waals surface area (Å²) in [5.74, 6) is 0.449. The number of hydrogen-bond donors (Lipinski definition) is 3. The number of hydrogen-bond acceptors (Lipinski definition) is 3. The molecular formula is C17H26FN3O2. The van der Waals surface area contributed by atoms with Crippen LogP contribution in [0.3, 0.4) is 0 Å². The van der Waals surface area contributed by atoms with Crippen molar-refractivity contribution >= 4 is 11.7 Å². The summed E-state index contributed by atoms with van der Waals surface area (Å²) < 4.78 is 13.0. The molecule has 2 atom stereocenters. The fraction of sp³-hybridized carbons (Fsp3) is 0.588. The lowest BCUT2D eigenvalue weighted by atomic mass is 10.1. The van der Waals surface area contributed by atoms with Crippen molar-refractivity contribution in [2.45, 2.75) is 19.8 Å². The Labute approximate surface area is 136 Å². The van der Waals surface area contributed by atoms with Gasteiger partial charge in [0.1, 0.15) is 5.82 Å². The number of amides is 2. The van der Waals surface area contributed by atoms with Gasteiger partial charge < -0.3 is 20.6 Å². The Kier molecular flexibility index (Phi) is 6.65. The van der Waals surface area contributed by atoms with Gasteiger partial charge in [0.25, 0.3) is 0 Å². The molecule has 1 aliphatic heterocycles. The molecule has 0 radical (unpaired) electrons. The fourth-order valence-corrected chi connectivity index (χ4v) is 2.77. The summed E-state index contributed by atoms with van der Waals surface area (Å²) in [6.45, 7) is 5.14. The number of rotatable bonds is 7. The second-order valence-electron chi connectivity index (χ2n) is 6.29. The fourth-order valence-electron chi connectivity index (χ4n) is 2.77. The first-order chi connectivity index (χ1) is 11.1. The molecule has 1 aliphatic rings. The van der Waals surface area contributed by atoms with Gasteiger partial charge >= 0.3 is 6.03 Å². The summed E-state index contributed by atoms with van der Waals surface area (Å²) in [4.78, 5) is 14.0. The van der Waals surface area contributed by atoms with Crippen molar-refractivity contribution < 1.29 is 14.3 Å². The van der Waals surface area contributed by atoms with Gasteiger partial charge in [-0.15, -0.1) is 0 Å². The summed E-state index contributed by atoms with van der Waals surface area (Å²) >= 11 is 0. The molecule has 1 aromatic rings. The van der Waals surface area contributed by atoms with E-state index in [0.717, 1.165) is 25.2 Å². The predicted molar refractivity (Wildman–Crippen MR) is 89.0 cm³/mol. The minimum Gasteiger partial charge on any atom is -0.396 e. The van der Waals surface area contributed by atoms with Crippen LogP contribution in [0.25, 0.3) is 0 Å². The maximum absolute atomic E-state index is 13.0. The number of urea groups is 1. The average molecular weight is 323 g/mol. The molecule has 1 saturated heterocycles. The lowest BCUT2D eigenvalue weighted by Crippen LogP contribution is -2.40. The van der Waals surface area contributed by atoms with Crippen LogP contribution < -0.4 is 15.5 Å². The van der Waals surface area contributed by atoms with E-state index in [0.29, 0.717) is 25.4 Å². The predicted octanol–water partition coefficient (Wildman–Crippen LogP) is 1.97. The summed E-state index contributed by atoms with van der Waals surface area (Å²) in [5.41, 5.74) is 1.02. The van der Waals surface area contributed by atoms with Gasteiger partial charge in [-0.1, -0.05) is 6.92 Å². The van der Waals surface area contributed by atoms with Crippen LogP contribution >= 0.6 is 0 Å². The van der Waals surface area contributed by atoms with E-state index < -0.39 is 0 Å². The molecule has 1 heterocycles. The highest BCUT2D eigenvalue weighted by Gasteiger charge is 2.23. The van der Waals surface area contributed by atoms with Crippen LogP contribution in [0.1, 0.15) is 19.8 Å². The van der Waals surface area contributed by atoms with Crippen LogP contribution in [0, 0.1) is 17.7 Å². The number of carbonyl (C=O) groups is 1. The molecule has 6 heteroatoms. The molecule has 0 bridgehead atoms. The monoisotopic (exact) mass is 323 g/mol. The first-order valence-corrected chi connectivity index (χ1v) is 8.21. The molecule has 2 rings (SSSR count). The summed E-state index contributed by atoms with van der Waals surface area (Å²) in [7, 11) is 0. The Balaban J connectivity index is 1.67. The highest BCUT2D eigenvalue weighted by Crippen LogP contribution is 2.23. The number of nitrogens with zero attached hydrogens (tertiary/aromatic N) is 1. The zero-order chi connectivity index (χ0) is 16.7. The molecule has 5 nitrogen and oxygen atoms in total. The zero-order valence-electron chi connectivity index (χ0n) is 13.6. The van der Waals surface area contributed by atoms with Gasteiger partial charge in [0, 0.05) is 38.5 Å². The van der Waals surface area contributed by atoms with Crippen LogP contribution in [-0.4, -0.2) is 43.9 Å². The SMILES string of the molecule is CC(CCO)CNC(=O)NCC1CCN(c2ccc(F)cc2)C1. The van der Waals surface area contributed by atoms with Gasteiger partial charge in [0.15, 0.2) is 0 Å². The molecule has 23 heavy (non-hydrogen) atoms. The molecule has 2 amide bonds. The smallest absolute Gasteiger partial charge is 0.314 e. The maximum atomic E-state index is 13.0. The van der Waals surface area contributed by atoms with Gasteiger partial charge in [-0.2, -0.15) is 0 Å². The second kappa shape index (κ2) is 8.72. The standard InChI is InChI=1S/C17H26FN3O2/c1-13(7-9-22)10-19-17(23)20-11-14-6-8-21(12-14)16-4-2-15(18)3-5-16/h2-5,13-14,22H,6-12H2,1H3,(H2,19,20,23). The second-order valence-corrected chi connectivity index (χ2v) is 6.29. The summed E-state index contributed by atoms with van der Waals surface area (Å²) in [5, 5.41) is 14.6. The molecule has 2 unspecified atom stereocenters. The Morgan fingerprint density at radius 2 is 2.13 bits per heavy atom. The van der Waals surface area contributed by atoms with Gasteiger partial charge in [0.05, 0.1) is 0 Å². The third kappa shape index (κ3) is 5.71. The number of carbonyl (C=O) groups excluding carboxylic acids is 1. The molecule has 128 valence electrons. The van der Waals surface area contributed by atoms with Crippen molar-refractivity contribution in [3.63, 3.8) is 0 Å². The lowest BCUT2D eigenvalue weighted by Gasteiger charge is -2.19. The topological polar surface area (TPSA) is 64.6 Å². The minimum absolute atomic E-state index is 0.145.